The van der Waals surface area contributed by atoms with Gasteiger partial charge in [0.2, 0.25) is 0 Å². The van der Waals surface area contributed by atoms with Gasteiger partial charge in [0.05, 0.1) is 6.07 Å². The van der Waals surface area contributed by atoms with E-state index in [1.54, 1.807) is 5.57 Å². The molecule has 35 heavy (non-hydrogen) atoms. The van der Waals surface area contributed by atoms with Crippen LogP contribution in [0.2, 0.25) is 0 Å². The molecule has 8 unspecified atom stereocenters. The minimum absolute atomic E-state index is 0.0188. The van der Waals surface area contributed by atoms with E-state index < -0.39 is 0 Å². The fourth-order valence-corrected chi connectivity index (χ4v) is 10.6. The van der Waals surface area contributed by atoms with Crippen LogP contribution in [0.5, 0.6) is 0 Å². The molecule has 0 aliphatic heterocycles. The largest absolute Gasteiger partial charge is 0.327 e. The summed E-state index contributed by atoms with van der Waals surface area (Å²) in [6, 6.07) is 2.78. The van der Waals surface area contributed by atoms with Crippen LogP contribution in [0.25, 0.3) is 0 Å². The molecule has 0 radical (unpaired) electrons. The summed E-state index contributed by atoms with van der Waals surface area (Å²) in [5.74, 6) is 2.29. The Kier molecular flexibility index (Phi) is 5.54. The van der Waals surface area contributed by atoms with E-state index in [0.29, 0.717) is 29.1 Å². The van der Waals surface area contributed by atoms with Gasteiger partial charge in [-0.15, -0.1) is 5.73 Å². The van der Waals surface area contributed by atoms with Gasteiger partial charge in [-0.25, -0.2) is 0 Å². The summed E-state index contributed by atoms with van der Waals surface area (Å²) >= 11 is 0. The van der Waals surface area contributed by atoms with Crippen LogP contribution in [-0.2, 0) is 0 Å². The van der Waals surface area contributed by atoms with Crippen LogP contribution in [0.15, 0.2) is 41.2 Å². The maximum Gasteiger partial charge on any atom is 0.0944 e. The molecule has 2 heteroatoms. The van der Waals surface area contributed by atoms with Crippen LogP contribution < -0.4 is 5.73 Å². The minimum atomic E-state index is 0.0188. The van der Waals surface area contributed by atoms with Gasteiger partial charge in [0.25, 0.3) is 0 Å². The lowest BCUT2D eigenvalue weighted by atomic mass is 9.37. The molecular weight excluding hydrogens is 424 g/mol. The fourth-order valence-electron chi connectivity index (χ4n) is 10.6. The highest BCUT2D eigenvalue weighted by Crippen LogP contribution is 2.72. The smallest absolute Gasteiger partial charge is 0.0944 e. The molecule has 0 saturated heterocycles. The van der Waals surface area contributed by atoms with Crippen molar-refractivity contribution in [2.24, 2.45) is 56.5 Å². The number of hydrogen-bond donors (Lipinski definition) is 1. The molecule has 5 aliphatic carbocycles. The highest BCUT2D eigenvalue weighted by molar-refractivity contribution is 5.46. The van der Waals surface area contributed by atoms with Crippen molar-refractivity contribution in [1.29, 1.82) is 5.26 Å². The molecule has 2 N–H and O–H groups in total. The SMILES string of the molecule is C=C=C1C=C2C(C)(CCC3C(C)(C)C=C(C#N)CC23C)C2CCC3(C(C)N)CCC(C)(C)CC3C12. The van der Waals surface area contributed by atoms with Gasteiger partial charge in [0, 0.05) is 11.6 Å². The predicted octanol–water partition coefficient (Wildman–Crippen LogP) is 8.13. The summed E-state index contributed by atoms with van der Waals surface area (Å²) in [5.41, 5.74) is 15.1. The van der Waals surface area contributed by atoms with Gasteiger partial charge >= 0.3 is 0 Å². The molecule has 190 valence electrons. The lowest BCUT2D eigenvalue weighted by Crippen LogP contribution is -2.61. The summed E-state index contributed by atoms with van der Waals surface area (Å²) in [4.78, 5) is 0. The Labute approximate surface area is 214 Å². The van der Waals surface area contributed by atoms with Gasteiger partial charge < -0.3 is 5.73 Å². The standard InChI is InChI=1S/C33H48N2/c1-9-23-16-27-31(7,12-11-26-30(5,6)17-22(20-34)18-32(26,27)8)24-10-13-33(21(2)35)15-14-29(3,4)19-25(33)28(23)24/h16-17,21,24-26,28H,1,10-15,18-19,35H2,2-8H3. The van der Waals surface area contributed by atoms with Crippen molar-refractivity contribution in [1.82, 2.24) is 0 Å². The maximum atomic E-state index is 9.96. The third kappa shape index (κ3) is 3.37. The van der Waals surface area contributed by atoms with Gasteiger partial charge in [0.1, 0.15) is 0 Å². The number of fused-ring (bicyclic) bond motifs is 7. The zero-order valence-corrected chi connectivity index (χ0v) is 23.4. The maximum absolute atomic E-state index is 9.96. The Balaban J connectivity index is 1.67. The molecular formula is C33H48N2. The van der Waals surface area contributed by atoms with Crippen LogP contribution in [0.1, 0.15) is 99.8 Å². The molecule has 3 fully saturated rings. The van der Waals surface area contributed by atoms with Crippen molar-refractivity contribution >= 4 is 0 Å². The van der Waals surface area contributed by atoms with Crippen molar-refractivity contribution in [3.05, 3.63) is 41.2 Å². The third-order valence-corrected chi connectivity index (χ3v) is 12.3. The molecule has 0 aromatic carbocycles. The lowest BCUT2D eigenvalue weighted by molar-refractivity contribution is -0.106. The van der Waals surface area contributed by atoms with Crippen molar-refractivity contribution in [2.45, 2.75) is 106 Å². The van der Waals surface area contributed by atoms with Crippen LogP contribution >= 0.6 is 0 Å². The second-order valence-electron chi connectivity index (χ2n) is 15.1. The van der Waals surface area contributed by atoms with Gasteiger partial charge in [-0.2, -0.15) is 5.26 Å². The molecule has 0 aromatic rings. The molecule has 0 heterocycles. The lowest BCUT2D eigenvalue weighted by Gasteiger charge is -2.67. The van der Waals surface area contributed by atoms with E-state index in [2.05, 4.69) is 79.0 Å². The molecule has 2 nitrogen and oxygen atoms in total. The van der Waals surface area contributed by atoms with E-state index in [1.807, 2.05) is 0 Å². The fraction of sp³-hybridized carbons (Fsp3) is 0.758. The van der Waals surface area contributed by atoms with Crippen molar-refractivity contribution < 1.29 is 0 Å². The van der Waals surface area contributed by atoms with E-state index in [4.69, 9.17) is 5.73 Å². The Morgan fingerprint density at radius 3 is 2.34 bits per heavy atom. The predicted molar refractivity (Wildman–Crippen MR) is 145 cm³/mol. The minimum Gasteiger partial charge on any atom is -0.327 e. The highest BCUT2D eigenvalue weighted by Gasteiger charge is 2.64. The second kappa shape index (κ2) is 7.73. The van der Waals surface area contributed by atoms with Crippen molar-refractivity contribution in [2.75, 3.05) is 0 Å². The summed E-state index contributed by atoms with van der Waals surface area (Å²) in [5, 5.41) is 9.96. The summed E-state index contributed by atoms with van der Waals surface area (Å²) in [6.45, 7) is 21.3. The van der Waals surface area contributed by atoms with E-state index in [9.17, 15) is 5.26 Å². The first kappa shape index (κ1) is 25.1. The molecule has 0 bridgehead atoms. The molecule has 0 spiro atoms. The number of nitrogens with zero attached hydrogens (tertiary/aromatic N) is 1. The Bertz CT molecular complexity index is 1070. The normalized spacial score (nSPS) is 46.3. The highest BCUT2D eigenvalue weighted by atomic mass is 14.7. The second-order valence-corrected chi connectivity index (χ2v) is 15.1. The molecule has 0 amide bonds. The number of nitrogens with two attached hydrogens (primary N) is 1. The zero-order valence-electron chi connectivity index (χ0n) is 23.4. The zero-order chi connectivity index (χ0) is 25.6. The number of rotatable bonds is 1. The summed E-state index contributed by atoms with van der Waals surface area (Å²) in [6.07, 6.45) is 14.5. The Hall–Kier alpha value is -1.55. The molecule has 0 aromatic heterocycles. The third-order valence-electron chi connectivity index (χ3n) is 12.3. The van der Waals surface area contributed by atoms with Gasteiger partial charge in [0.15, 0.2) is 0 Å². The monoisotopic (exact) mass is 472 g/mol. The topological polar surface area (TPSA) is 49.8 Å². The Morgan fingerprint density at radius 1 is 1.00 bits per heavy atom. The molecule has 8 atom stereocenters. The molecule has 3 saturated carbocycles. The molecule has 5 rings (SSSR count). The van der Waals surface area contributed by atoms with E-state index >= 15 is 0 Å². The van der Waals surface area contributed by atoms with Gasteiger partial charge in [-0.1, -0.05) is 65.8 Å². The van der Waals surface area contributed by atoms with Crippen LogP contribution in [0.3, 0.4) is 0 Å². The van der Waals surface area contributed by atoms with Crippen molar-refractivity contribution in [3.63, 3.8) is 0 Å². The number of hydrogen-bond acceptors (Lipinski definition) is 2. The first-order chi connectivity index (χ1) is 16.2. The van der Waals surface area contributed by atoms with Crippen LogP contribution in [0, 0.1) is 62.1 Å². The van der Waals surface area contributed by atoms with Gasteiger partial charge in [-0.3, -0.25) is 0 Å². The average molecular weight is 473 g/mol. The van der Waals surface area contributed by atoms with E-state index in [0.717, 1.165) is 12.0 Å². The Morgan fingerprint density at radius 2 is 1.71 bits per heavy atom. The van der Waals surface area contributed by atoms with Crippen molar-refractivity contribution in [3.8, 4) is 6.07 Å². The first-order valence-corrected chi connectivity index (χ1v) is 14.2. The quantitative estimate of drug-likeness (QED) is 0.392. The first-order valence-electron chi connectivity index (χ1n) is 14.2. The summed E-state index contributed by atoms with van der Waals surface area (Å²) < 4.78 is 0. The number of nitriles is 1. The van der Waals surface area contributed by atoms with Crippen LogP contribution in [0.4, 0.5) is 0 Å². The molecule has 5 aliphatic rings. The van der Waals surface area contributed by atoms with E-state index in [-0.39, 0.29) is 27.7 Å². The summed E-state index contributed by atoms with van der Waals surface area (Å²) in [7, 11) is 0. The van der Waals surface area contributed by atoms with E-state index in [1.165, 1.54) is 50.5 Å². The number of allylic oxidation sites excluding steroid dienone is 5. The average Bonchev–Trinajstić information content (AvgIpc) is 2.76. The van der Waals surface area contributed by atoms with Crippen LogP contribution in [-0.4, -0.2) is 6.04 Å². The van der Waals surface area contributed by atoms with Gasteiger partial charge in [-0.05, 0) is 115 Å².